The molecule has 10 heteroatoms. The van der Waals surface area contributed by atoms with Gasteiger partial charge in [-0.3, -0.25) is 28.8 Å². The molecule has 0 radical (unpaired) electrons. The average molecular weight is 476 g/mol. The molecule has 0 aliphatic heterocycles. The smallest absolute Gasteiger partial charge is 0.331 e. The highest BCUT2D eigenvalue weighted by Crippen LogP contribution is 2.16. The van der Waals surface area contributed by atoms with E-state index in [1.807, 2.05) is 0 Å². The van der Waals surface area contributed by atoms with Gasteiger partial charge in [-0.25, -0.2) is 4.79 Å². The third-order valence-corrected chi connectivity index (χ3v) is 5.67. The van der Waals surface area contributed by atoms with Crippen molar-refractivity contribution in [3.05, 3.63) is 109 Å². The largest absolute Gasteiger partial charge is 0.467 e. The number of unbranched alkanes of at least 4 members (excludes halogenated alkanes) is 1. The summed E-state index contributed by atoms with van der Waals surface area (Å²) < 4.78 is 7.80. The van der Waals surface area contributed by atoms with Gasteiger partial charge in [0.1, 0.15) is 5.76 Å². The van der Waals surface area contributed by atoms with Crippen molar-refractivity contribution in [2.24, 2.45) is 0 Å². The summed E-state index contributed by atoms with van der Waals surface area (Å²) in [6.07, 6.45) is 2.74. The lowest BCUT2D eigenvalue weighted by molar-refractivity contribution is -0.384. The Labute approximate surface area is 199 Å². The molecule has 180 valence electrons. The predicted molar refractivity (Wildman–Crippen MR) is 129 cm³/mol. The zero-order chi connectivity index (χ0) is 24.8. The van der Waals surface area contributed by atoms with Gasteiger partial charge in [0.25, 0.3) is 11.2 Å². The Bertz CT molecular complexity index is 1470. The van der Waals surface area contributed by atoms with Crippen LogP contribution in [-0.2, 0) is 24.4 Å². The maximum Gasteiger partial charge on any atom is 0.331 e. The SMILES string of the molecule is O=C(CCCCn1c(=O)c2ccccc2n(Cc2cccc([N+](=O)[O-])c2)c1=O)NCc1ccco1. The van der Waals surface area contributed by atoms with Gasteiger partial charge in [-0.05, 0) is 42.7 Å². The number of hydrogen-bond acceptors (Lipinski definition) is 6. The summed E-state index contributed by atoms with van der Waals surface area (Å²) in [7, 11) is 0. The molecule has 0 fully saturated rings. The molecule has 4 aromatic rings. The summed E-state index contributed by atoms with van der Waals surface area (Å²) in [5.74, 6) is 0.515. The maximum absolute atomic E-state index is 13.3. The number of fused-ring (bicyclic) bond motifs is 1. The molecule has 0 saturated heterocycles. The van der Waals surface area contributed by atoms with E-state index in [-0.39, 0.29) is 31.1 Å². The maximum atomic E-state index is 13.3. The first-order chi connectivity index (χ1) is 16.9. The quantitative estimate of drug-likeness (QED) is 0.213. The number of nitrogens with one attached hydrogen (secondary N) is 1. The Morgan fingerprint density at radius 2 is 1.83 bits per heavy atom. The molecule has 1 N–H and O–H groups in total. The van der Waals surface area contributed by atoms with Crippen molar-refractivity contribution in [3.63, 3.8) is 0 Å². The predicted octanol–water partition coefficient (Wildman–Crippen LogP) is 3.20. The number of carbonyl (C=O) groups excluding carboxylic acids is 1. The number of carbonyl (C=O) groups is 1. The van der Waals surface area contributed by atoms with Crippen LogP contribution >= 0.6 is 0 Å². The fourth-order valence-corrected chi connectivity index (χ4v) is 3.91. The summed E-state index contributed by atoms with van der Waals surface area (Å²) in [5, 5.41) is 14.3. The van der Waals surface area contributed by atoms with E-state index in [2.05, 4.69) is 5.32 Å². The molecule has 10 nitrogen and oxygen atoms in total. The number of nitrogens with zero attached hydrogens (tertiary/aromatic N) is 3. The minimum absolute atomic E-state index is 0.0708. The van der Waals surface area contributed by atoms with E-state index in [9.17, 15) is 24.5 Å². The Morgan fingerprint density at radius 3 is 2.60 bits per heavy atom. The van der Waals surface area contributed by atoms with Gasteiger partial charge < -0.3 is 9.73 Å². The molecule has 0 spiro atoms. The molecule has 0 aliphatic carbocycles. The number of nitro groups is 1. The summed E-state index contributed by atoms with van der Waals surface area (Å²) in [6.45, 7) is 0.539. The second kappa shape index (κ2) is 10.6. The molecule has 0 atom stereocenters. The van der Waals surface area contributed by atoms with Crippen LogP contribution < -0.4 is 16.6 Å². The van der Waals surface area contributed by atoms with Gasteiger partial charge in [0.05, 0.1) is 35.2 Å². The molecule has 35 heavy (non-hydrogen) atoms. The number of hydrogen-bond donors (Lipinski definition) is 1. The topological polar surface area (TPSA) is 129 Å². The van der Waals surface area contributed by atoms with Gasteiger partial charge >= 0.3 is 5.69 Å². The third kappa shape index (κ3) is 5.55. The normalized spacial score (nSPS) is 11.0. The third-order valence-electron chi connectivity index (χ3n) is 5.67. The molecule has 0 aliphatic rings. The van der Waals surface area contributed by atoms with Crippen molar-refractivity contribution < 1.29 is 14.1 Å². The fraction of sp³-hybridized carbons (Fsp3) is 0.240. The summed E-state index contributed by atoms with van der Waals surface area (Å²) in [4.78, 5) is 49.0. The van der Waals surface area contributed by atoms with Crippen molar-refractivity contribution in [1.29, 1.82) is 0 Å². The molecule has 1 amide bonds. The monoisotopic (exact) mass is 476 g/mol. The minimum atomic E-state index is -0.498. The second-order valence-electron chi connectivity index (χ2n) is 8.08. The highest BCUT2D eigenvalue weighted by molar-refractivity contribution is 5.78. The van der Waals surface area contributed by atoms with E-state index in [4.69, 9.17) is 4.42 Å². The zero-order valence-corrected chi connectivity index (χ0v) is 18.9. The van der Waals surface area contributed by atoms with Crippen molar-refractivity contribution in [1.82, 2.24) is 14.5 Å². The van der Waals surface area contributed by atoms with Gasteiger partial charge in [0.2, 0.25) is 5.91 Å². The molecule has 0 saturated carbocycles. The Hall–Kier alpha value is -4.47. The lowest BCUT2D eigenvalue weighted by Crippen LogP contribution is -2.40. The lowest BCUT2D eigenvalue weighted by atomic mass is 10.1. The van der Waals surface area contributed by atoms with Crippen LogP contribution in [0.4, 0.5) is 5.69 Å². The fourth-order valence-electron chi connectivity index (χ4n) is 3.91. The van der Waals surface area contributed by atoms with Crippen molar-refractivity contribution >= 4 is 22.5 Å². The molecule has 4 rings (SSSR count). The van der Waals surface area contributed by atoms with E-state index in [0.29, 0.717) is 41.6 Å². The number of amides is 1. The van der Waals surface area contributed by atoms with Crippen molar-refractivity contribution in [2.75, 3.05) is 0 Å². The van der Waals surface area contributed by atoms with Gasteiger partial charge in [-0.1, -0.05) is 24.3 Å². The van der Waals surface area contributed by atoms with Crippen LogP contribution in [0, 0.1) is 10.1 Å². The minimum Gasteiger partial charge on any atom is -0.467 e. The molecule has 2 aromatic carbocycles. The van der Waals surface area contributed by atoms with Gasteiger partial charge in [0.15, 0.2) is 0 Å². The highest BCUT2D eigenvalue weighted by atomic mass is 16.6. The van der Waals surface area contributed by atoms with Crippen LogP contribution in [0.25, 0.3) is 10.9 Å². The molecule has 2 aromatic heterocycles. The average Bonchev–Trinajstić information content (AvgIpc) is 3.39. The van der Waals surface area contributed by atoms with E-state index in [1.165, 1.54) is 27.5 Å². The number of furan rings is 1. The zero-order valence-electron chi connectivity index (χ0n) is 18.9. The van der Waals surface area contributed by atoms with Gasteiger partial charge in [-0.15, -0.1) is 0 Å². The first-order valence-corrected chi connectivity index (χ1v) is 11.2. The van der Waals surface area contributed by atoms with E-state index >= 15 is 0 Å². The Kier molecular flexibility index (Phi) is 7.20. The Morgan fingerprint density at radius 1 is 1.00 bits per heavy atom. The standard InChI is InChI=1S/C25H24N4O6/c30-23(26-16-20-9-6-14-35-20)12-3-4-13-27-24(31)21-10-1-2-11-22(21)28(25(27)32)17-18-7-5-8-19(15-18)29(33)34/h1-2,5-11,14-15H,3-4,12-13,16-17H2,(H,26,30). The van der Waals surface area contributed by atoms with Crippen LogP contribution in [0.15, 0.2) is 80.9 Å². The van der Waals surface area contributed by atoms with Crippen LogP contribution in [-0.4, -0.2) is 20.0 Å². The van der Waals surface area contributed by atoms with Crippen molar-refractivity contribution in [3.8, 4) is 0 Å². The van der Waals surface area contributed by atoms with Gasteiger partial charge in [0, 0.05) is 25.1 Å². The van der Waals surface area contributed by atoms with Crippen LogP contribution in [0.5, 0.6) is 0 Å². The van der Waals surface area contributed by atoms with Crippen LogP contribution in [0.1, 0.15) is 30.6 Å². The number of nitro benzene ring substituents is 1. The lowest BCUT2D eigenvalue weighted by Gasteiger charge is -2.14. The molecule has 0 unspecified atom stereocenters. The summed E-state index contributed by atoms with van der Waals surface area (Å²) in [5.41, 5.74) is 0.0663. The first kappa shape index (κ1) is 23.7. The number of para-hydroxylation sites is 1. The van der Waals surface area contributed by atoms with E-state index in [0.717, 1.165) is 0 Å². The molecule has 2 heterocycles. The van der Waals surface area contributed by atoms with Gasteiger partial charge in [-0.2, -0.15) is 0 Å². The van der Waals surface area contributed by atoms with Crippen LogP contribution in [0.2, 0.25) is 0 Å². The van der Waals surface area contributed by atoms with Crippen molar-refractivity contribution in [2.45, 2.75) is 38.9 Å². The summed E-state index contributed by atoms with van der Waals surface area (Å²) >= 11 is 0. The number of rotatable bonds is 10. The first-order valence-electron chi connectivity index (χ1n) is 11.2. The molecular weight excluding hydrogens is 452 g/mol. The second-order valence-corrected chi connectivity index (χ2v) is 8.08. The summed E-state index contributed by atoms with van der Waals surface area (Å²) in [6, 6.07) is 16.4. The van der Waals surface area contributed by atoms with E-state index in [1.54, 1.807) is 48.5 Å². The number of aromatic nitrogens is 2. The van der Waals surface area contributed by atoms with Crippen LogP contribution in [0.3, 0.4) is 0 Å². The van der Waals surface area contributed by atoms with E-state index < -0.39 is 16.2 Å². The number of non-ortho nitro benzene ring substituents is 1. The highest BCUT2D eigenvalue weighted by Gasteiger charge is 2.14. The molecular formula is C25H24N4O6. The number of benzene rings is 2. The Balaban J connectivity index is 1.51. The molecule has 0 bridgehead atoms.